The van der Waals surface area contributed by atoms with Gasteiger partial charge in [-0.15, -0.1) is 0 Å². The molecule has 0 fully saturated rings. The minimum Gasteiger partial charge on any atom is -0.368 e. The van der Waals surface area contributed by atoms with Crippen LogP contribution in [0.25, 0.3) is 0 Å². The van der Waals surface area contributed by atoms with E-state index in [1.54, 1.807) is 24.7 Å². The molecule has 0 unspecified atom stereocenters. The van der Waals surface area contributed by atoms with E-state index in [0.29, 0.717) is 5.95 Å². The van der Waals surface area contributed by atoms with Crippen LogP contribution in [-0.4, -0.2) is 16.7 Å². The highest BCUT2D eigenvalue weighted by Crippen LogP contribution is 2.25. The maximum atomic E-state index is 5.14. The minimum absolute atomic E-state index is 0.322. The van der Waals surface area contributed by atoms with E-state index in [2.05, 4.69) is 34.7 Å². The highest BCUT2D eigenvalue weighted by atomic mass is 15.0. The fourth-order valence-corrected chi connectivity index (χ4v) is 1.60. The number of aliphatic imine (C=N–C) groups is 1. The van der Waals surface area contributed by atoms with E-state index in [-0.39, 0.29) is 0 Å². The maximum Gasteiger partial charge on any atom is 0.219 e. The van der Waals surface area contributed by atoms with E-state index in [4.69, 9.17) is 5.73 Å². The molecule has 0 radical (unpaired) electrons. The molecule has 0 aliphatic heterocycles. The second kappa shape index (κ2) is 16.1. The van der Waals surface area contributed by atoms with Crippen molar-refractivity contribution in [1.82, 2.24) is 9.97 Å². The lowest BCUT2D eigenvalue weighted by Gasteiger charge is -1.91. The average Bonchev–Trinajstić information content (AvgIpc) is 2.96. The van der Waals surface area contributed by atoms with Crippen LogP contribution in [0.5, 0.6) is 0 Å². The van der Waals surface area contributed by atoms with Gasteiger partial charge in [-0.2, -0.15) is 0 Å². The second-order valence-corrected chi connectivity index (χ2v) is 3.76. The van der Waals surface area contributed by atoms with Crippen molar-refractivity contribution in [2.45, 2.75) is 53.9 Å². The van der Waals surface area contributed by atoms with Crippen molar-refractivity contribution in [2.24, 2.45) is 4.99 Å². The summed E-state index contributed by atoms with van der Waals surface area (Å²) in [6, 6.07) is 1.72. The van der Waals surface area contributed by atoms with E-state index >= 15 is 0 Å². The molecule has 4 heteroatoms. The Labute approximate surface area is 129 Å². The monoisotopic (exact) mass is 290 g/mol. The van der Waals surface area contributed by atoms with Crippen LogP contribution in [0.4, 0.5) is 5.95 Å². The predicted octanol–water partition coefficient (Wildman–Crippen LogP) is 4.81. The summed E-state index contributed by atoms with van der Waals surface area (Å²) < 4.78 is 0. The Balaban J connectivity index is 0. The number of anilines is 1. The van der Waals surface area contributed by atoms with Gasteiger partial charge >= 0.3 is 0 Å². The third kappa shape index (κ3) is 11.5. The molecule has 0 bridgehead atoms. The van der Waals surface area contributed by atoms with Gasteiger partial charge in [-0.3, -0.25) is 4.99 Å². The summed E-state index contributed by atoms with van der Waals surface area (Å²) in [6.07, 6.45) is 10.8. The fourth-order valence-electron chi connectivity index (χ4n) is 1.60. The van der Waals surface area contributed by atoms with Gasteiger partial charge in [0, 0.05) is 18.6 Å². The molecule has 0 aromatic carbocycles. The second-order valence-electron chi connectivity index (χ2n) is 3.76. The first-order valence-corrected chi connectivity index (χ1v) is 7.57. The molecule has 0 saturated carbocycles. The number of nitrogens with zero attached hydrogens (tertiary/aromatic N) is 3. The largest absolute Gasteiger partial charge is 0.368 e. The topological polar surface area (TPSA) is 64.2 Å². The number of nitrogen functional groups attached to an aromatic ring is 1. The molecule has 0 amide bonds. The number of allylic oxidation sites excluding steroid dienone is 3. The van der Waals surface area contributed by atoms with Crippen LogP contribution in [0, 0.1) is 0 Å². The van der Waals surface area contributed by atoms with E-state index < -0.39 is 0 Å². The molecule has 4 nitrogen and oxygen atoms in total. The van der Waals surface area contributed by atoms with Crippen molar-refractivity contribution < 1.29 is 0 Å². The summed E-state index contributed by atoms with van der Waals surface area (Å²) in [4.78, 5) is 11.0. The molecule has 1 heterocycles. The van der Waals surface area contributed by atoms with Crippen LogP contribution in [0.1, 0.15) is 53.9 Å². The molecule has 0 atom stereocenters. The van der Waals surface area contributed by atoms with Gasteiger partial charge in [0.15, 0.2) is 0 Å². The van der Waals surface area contributed by atoms with Gasteiger partial charge in [0.25, 0.3) is 0 Å². The van der Waals surface area contributed by atoms with Gasteiger partial charge in [0.1, 0.15) is 0 Å². The standard InChI is InChI=1S/C9H13N.C4H5N3.2C2H6/c1-8-4-3-5-9(8)6-7-10-2;5-4-6-2-1-3-7-4;2*1-2/h6-7H,2-5H2,1H3;1-3H,(H2,5,6,7);2*1-2H3/b7-6-;;;. The zero-order valence-electron chi connectivity index (χ0n) is 14.1. The van der Waals surface area contributed by atoms with Crippen molar-refractivity contribution in [2.75, 3.05) is 5.73 Å². The molecule has 2 rings (SSSR count). The van der Waals surface area contributed by atoms with E-state index in [1.807, 2.05) is 27.7 Å². The fraction of sp³-hybridized carbons (Fsp3) is 0.471. The molecular weight excluding hydrogens is 260 g/mol. The summed E-state index contributed by atoms with van der Waals surface area (Å²) >= 11 is 0. The third-order valence-corrected chi connectivity index (χ3v) is 2.51. The number of rotatable bonds is 2. The molecular formula is C17H30N4. The van der Waals surface area contributed by atoms with E-state index in [1.165, 1.54) is 30.4 Å². The molecule has 21 heavy (non-hydrogen) atoms. The van der Waals surface area contributed by atoms with Gasteiger partial charge in [-0.25, -0.2) is 9.97 Å². The minimum atomic E-state index is 0.322. The first kappa shape index (κ1) is 21.3. The van der Waals surface area contributed by atoms with Crippen LogP contribution in [0.15, 0.2) is 46.9 Å². The van der Waals surface area contributed by atoms with Gasteiger partial charge in [0.05, 0.1) is 0 Å². The summed E-state index contributed by atoms with van der Waals surface area (Å²) in [5, 5.41) is 0. The van der Waals surface area contributed by atoms with Crippen molar-refractivity contribution in [1.29, 1.82) is 0 Å². The zero-order valence-corrected chi connectivity index (χ0v) is 14.1. The van der Waals surface area contributed by atoms with Gasteiger partial charge in [-0.05, 0) is 50.6 Å². The molecule has 1 aromatic rings. The van der Waals surface area contributed by atoms with Crippen molar-refractivity contribution in [3.63, 3.8) is 0 Å². The Morgan fingerprint density at radius 3 is 2.05 bits per heavy atom. The van der Waals surface area contributed by atoms with Gasteiger partial charge in [-0.1, -0.05) is 33.3 Å². The number of hydrogen-bond acceptors (Lipinski definition) is 4. The Bertz CT molecular complexity index is 408. The van der Waals surface area contributed by atoms with Crippen molar-refractivity contribution in [3.05, 3.63) is 41.9 Å². The Kier molecular flexibility index (Phi) is 16.3. The Morgan fingerprint density at radius 2 is 1.71 bits per heavy atom. The summed E-state index contributed by atoms with van der Waals surface area (Å²) in [5.41, 5.74) is 8.10. The summed E-state index contributed by atoms with van der Waals surface area (Å²) in [7, 11) is 0. The Morgan fingerprint density at radius 1 is 1.14 bits per heavy atom. The van der Waals surface area contributed by atoms with Crippen LogP contribution < -0.4 is 5.73 Å². The number of hydrogen-bond donors (Lipinski definition) is 1. The first-order valence-electron chi connectivity index (χ1n) is 7.57. The van der Waals surface area contributed by atoms with Gasteiger partial charge < -0.3 is 5.73 Å². The maximum absolute atomic E-state index is 5.14. The SMILES string of the molecule is C=N/C=C\C1=C(C)CCC1.CC.CC.Nc1ncccn1. The van der Waals surface area contributed by atoms with Crippen LogP contribution >= 0.6 is 0 Å². The van der Waals surface area contributed by atoms with Crippen molar-refractivity contribution >= 4 is 12.7 Å². The highest BCUT2D eigenvalue weighted by molar-refractivity contribution is 5.31. The number of aromatic nitrogens is 2. The molecule has 0 spiro atoms. The van der Waals surface area contributed by atoms with Gasteiger partial charge in [0.2, 0.25) is 5.95 Å². The van der Waals surface area contributed by atoms with Crippen molar-refractivity contribution in [3.8, 4) is 0 Å². The molecule has 1 aromatic heterocycles. The molecule has 1 aliphatic rings. The number of nitrogens with two attached hydrogens (primary N) is 1. The quantitative estimate of drug-likeness (QED) is 0.795. The molecule has 1 aliphatic carbocycles. The Hall–Kier alpha value is -1.97. The summed E-state index contributed by atoms with van der Waals surface area (Å²) in [5.74, 6) is 0.322. The molecule has 0 saturated heterocycles. The lowest BCUT2D eigenvalue weighted by Crippen LogP contribution is -1.90. The smallest absolute Gasteiger partial charge is 0.219 e. The normalized spacial score (nSPS) is 12.4. The van der Waals surface area contributed by atoms with E-state index in [0.717, 1.165) is 0 Å². The third-order valence-electron chi connectivity index (χ3n) is 2.51. The highest BCUT2D eigenvalue weighted by Gasteiger charge is 2.06. The van der Waals surface area contributed by atoms with Crippen LogP contribution in [0.2, 0.25) is 0 Å². The molecule has 2 N–H and O–H groups in total. The molecule has 118 valence electrons. The zero-order chi connectivity index (χ0) is 16.5. The van der Waals surface area contributed by atoms with Crippen LogP contribution in [-0.2, 0) is 0 Å². The summed E-state index contributed by atoms with van der Waals surface area (Å²) in [6.45, 7) is 13.6. The average molecular weight is 290 g/mol. The predicted molar refractivity (Wildman–Crippen MR) is 94.4 cm³/mol. The van der Waals surface area contributed by atoms with Crippen LogP contribution in [0.3, 0.4) is 0 Å². The lowest BCUT2D eigenvalue weighted by molar-refractivity contribution is 0.899. The van der Waals surface area contributed by atoms with E-state index in [9.17, 15) is 0 Å². The first-order chi connectivity index (χ1) is 10.2. The lowest BCUT2D eigenvalue weighted by atomic mass is 10.2.